The molecule has 0 fully saturated rings. The molecule has 1 atom stereocenters. The first-order valence-corrected chi connectivity index (χ1v) is 6.77. The summed E-state index contributed by atoms with van der Waals surface area (Å²) in [6, 6.07) is 2.01. The molecular weight excluding hydrogens is 265 g/mol. The zero-order chi connectivity index (χ0) is 13.6. The lowest BCUT2D eigenvalue weighted by Crippen LogP contribution is -2.26. The number of rotatable bonds is 6. The highest BCUT2D eigenvalue weighted by Crippen LogP contribution is 2.33. The maximum atomic E-state index is 12.7. The normalized spacial score (nSPS) is 13.4. The number of halogens is 3. The molecule has 0 aliphatic carbocycles. The van der Waals surface area contributed by atoms with Gasteiger partial charge in [-0.05, 0) is 24.8 Å². The van der Waals surface area contributed by atoms with Gasteiger partial charge in [0.05, 0.1) is 5.56 Å². The Morgan fingerprint density at radius 2 is 2.22 bits per heavy atom. The number of thioether (sulfide) groups is 1. The van der Waals surface area contributed by atoms with Gasteiger partial charge in [0.25, 0.3) is 0 Å². The van der Waals surface area contributed by atoms with Gasteiger partial charge in [0.15, 0.2) is 0 Å². The fourth-order valence-corrected chi connectivity index (χ4v) is 2.15. The van der Waals surface area contributed by atoms with E-state index in [0.29, 0.717) is 12.2 Å². The Kier molecular flexibility index (Phi) is 5.74. The zero-order valence-corrected chi connectivity index (χ0v) is 10.7. The monoisotopic (exact) mass is 280 g/mol. The van der Waals surface area contributed by atoms with Crippen molar-refractivity contribution in [2.75, 3.05) is 23.9 Å². The Labute approximate surface area is 108 Å². The van der Waals surface area contributed by atoms with Gasteiger partial charge < -0.3 is 10.4 Å². The molecule has 1 aromatic rings. The van der Waals surface area contributed by atoms with Crippen LogP contribution in [0.5, 0.6) is 0 Å². The van der Waals surface area contributed by atoms with Gasteiger partial charge in [-0.3, -0.25) is 0 Å². The number of aliphatic hydroxyl groups excluding tert-OH is 1. The van der Waals surface area contributed by atoms with E-state index in [-0.39, 0.29) is 18.5 Å². The lowest BCUT2D eigenvalue weighted by Gasteiger charge is -2.20. The molecule has 2 N–H and O–H groups in total. The Morgan fingerprint density at radius 1 is 1.50 bits per heavy atom. The first-order chi connectivity index (χ1) is 8.49. The van der Waals surface area contributed by atoms with Crippen molar-refractivity contribution in [1.29, 1.82) is 0 Å². The molecule has 3 nitrogen and oxygen atoms in total. The summed E-state index contributed by atoms with van der Waals surface area (Å²) in [6.07, 6.45) is -0.879. The van der Waals surface area contributed by atoms with E-state index in [0.717, 1.165) is 6.07 Å². The second kappa shape index (κ2) is 6.84. The van der Waals surface area contributed by atoms with Crippen LogP contribution in [0.3, 0.4) is 0 Å². The first kappa shape index (κ1) is 15.1. The van der Waals surface area contributed by atoms with E-state index in [9.17, 15) is 13.2 Å². The molecular formula is C11H15F3N2OS. The minimum absolute atomic E-state index is 0.0770. The van der Waals surface area contributed by atoms with Gasteiger partial charge in [-0.25, -0.2) is 4.98 Å². The molecule has 0 amide bonds. The molecule has 0 spiro atoms. The number of alkyl halides is 3. The Hall–Kier alpha value is -0.950. The van der Waals surface area contributed by atoms with Crippen LogP contribution in [0.25, 0.3) is 0 Å². The quantitative estimate of drug-likeness (QED) is 0.841. The number of anilines is 1. The van der Waals surface area contributed by atoms with Gasteiger partial charge in [0, 0.05) is 24.6 Å². The summed E-state index contributed by atoms with van der Waals surface area (Å²) >= 11 is 1.50. The van der Waals surface area contributed by atoms with Crippen molar-refractivity contribution >= 4 is 17.6 Å². The third-order valence-electron chi connectivity index (χ3n) is 2.30. The molecule has 0 radical (unpaired) electrons. The van der Waals surface area contributed by atoms with Gasteiger partial charge in [-0.2, -0.15) is 24.9 Å². The van der Waals surface area contributed by atoms with Crippen LogP contribution in [0.4, 0.5) is 19.0 Å². The summed E-state index contributed by atoms with van der Waals surface area (Å²) in [5.41, 5.74) is -0.783. The highest BCUT2D eigenvalue weighted by atomic mass is 32.2. The number of nitrogens with zero attached hydrogens (tertiary/aromatic N) is 1. The topological polar surface area (TPSA) is 45.1 Å². The lowest BCUT2D eigenvalue weighted by molar-refractivity contribution is -0.137. The third kappa shape index (κ3) is 4.38. The van der Waals surface area contributed by atoms with Crippen LogP contribution in [0, 0.1) is 0 Å². The highest BCUT2D eigenvalue weighted by Gasteiger charge is 2.34. The predicted octanol–water partition coefficient (Wildman–Crippen LogP) is 2.63. The molecule has 0 saturated carbocycles. The van der Waals surface area contributed by atoms with Crippen LogP contribution in [-0.4, -0.2) is 34.7 Å². The molecule has 0 bridgehead atoms. The van der Waals surface area contributed by atoms with E-state index in [1.807, 2.05) is 6.26 Å². The molecule has 1 heterocycles. The zero-order valence-electron chi connectivity index (χ0n) is 9.87. The van der Waals surface area contributed by atoms with Crippen LogP contribution >= 0.6 is 11.8 Å². The van der Waals surface area contributed by atoms with E-state index in [1.54, 1.807) is 0 Å². The highest BCUT2D eigenvalue weighted by molar-refractivity contribution is 7.98. The van der Waals surface area contributed by atoms with Crippen LogP contribution in [0.1, 0.15) is 12.0 Å². The third-order valence-corrected chi connectivity index (χ3v) is 3.04. The minimum atomic E-state index is -4.43. The van der Waals surface area contributed by atoms with Crippen molar-refractivity contribution in [2.45, 2.75) is 18.6 Å². The summed E-state index contributed by atoms with van der Waals surface area (Å²) in [7, 11) is 0. The van der Waals surface area contributed by atoms with Crippen LogP contribution < -0.4 is 5.32 Å². The van der Waals surface area contributed by atoms with Gasteiger partial charge in [0.1, 0.15) is 5.82 Å². The molecule has 1 aromatic heterocycles. The molecule has 0 aliphatic heterocycles. The summed E-state index contributed by atoms with van der Waals surface area (Å²) in [5.74, 6) is 0.423. The maximum absolute atomic E-state index is 12.7. The van der Waals surface area contributed by atoms with Crippen molar-refractivity contribution < 1.29 is 18.3 Å². The number of aromatic nitrogens is 1. The number of aliphatic hydroxyl groups is 1. The molecule has 102 valence electrons. The van der Waals surface area contributed by atoms with Gasteiger partial charge in [-0.1, -0.05) is 0 Å². The van der Waals surface area contributed by atoms with Gasteiger partial charge in [0.2, 0.25) is 0 Å². The number of nitrogens with one attached hydrogen (secondary N) is 1. The van der Waals surface area contributed by atoms with E-state index < -0.39 is 11.7 Å². The van der Waals surface area contributed by atoms with Crippen molar-refractivity contribution in [3.8, 4) is 0 Å². The Balaban J connectivity index is 2.88. The van der Waals surface area contributed by atoms with E-state index in [2.05, 4.69) is 10.3 Å². The summed E-state index contributed by atoms with van der Waals surface area (Å²) in [4.78, 5) is 3.73. The maximum Gasteiger partial charge on any atom is 0.419 e. The second-order valence-corrected chi connectivity index (χ2v) is 4.62. The largest absolute Gasteiger partial charge is 0.419 e. The van der Waals surface area contributed by atoms with E-state index >= 15 is 0 Å². The smallest absolute Gasteiger partial charge is 0.396 e. The average Bonchev–Trinajstić information content (AvgIpc) is 2.29. The van der Waals surface area contributed by atoms with E-state index in [1.165, 1.54) is 24.0 Å². The van der Waals surface area contributed by atoms with Gasteiger partial charge >= 0.3 is 6.18 Å². The summed E-state index contributed by atoms with van der Waals surface area (Å²) in [5, 5.41) is 11.6. The number of hydrogen-bond acceptors (Lipinski definition) is 4. The molecule has 0 aliphatic rings. The van der Waals surface area contributed by atoms with Crippen LogP contribution in [0.15, 0.2) is 18.3 Å². The Bertz CT molecular complexity index is 368. The molecule has 7 heteroatoms. The Morgan fingerprint density at radius 3 is 2.78 bits per heavy atom. The SMILES string of the molecule is CSC[C@@H](CCO)Nc1ncccc1C(F)(F)F. The summed E-state index contributed by atoms with van der Waals surface area (Å²) in [6.45, 7) is -0.0770. The minimum Gasteiger partial charge on any atom is -0.396 e. The second-order valence-electron chi connectivity index (χ2n) is 3.71. The standard InChI is InChI=1S/C11H15F3N2OS/c1-18-7-8(4-6-17)16-10-9(11(12,13)14)3-2-5-15-10/h2-3,5,8,17H,4,6-7H2,1H3,(H,15,16)/t8-/m1/s1. The molecule has 0 aromatic carbocycles. The molecule has 1 rings (SSSR count). The molecule has 0 saturated heterocycles. The van der Waals surface area contributed by atoms with Crippen molar-refractivity contribution in [3.63, 3.8) is 0 Å². The van der Waals surface area contributed by atoms with Gasteiger partial charge in [-0.15, -0.1) is 0 Å². The number of pyridine rings is 1. The van der Waals surface area contributed by atoms with E-state index in [4.69, 9.17) is 5.11 Å². The predicted molar refractivity (Wildman–Crippen MR) is 66.7 cm³/mol. The lowest BCUT2D eigenvalue weighted by atomic mass is 10.2. The first-order valence-electron chi connectivity index (χ1n) is 5.37. The van der Waals surface area contributed by atoms with Crippen molar-refractivity contribution in [3.05, 3.63) is 23.9 Å². The van der Waals surface area contributed by atoms with Crippen molar-refractivity contribution in [1.82, 2.24) is 4.98 Å². The molecule has 0 unspecified atom stereocenters. The molecule has 18 heavy (non-hydrogen) atoms. The number of hydrogen-bond donors (Lipinski definition) is 2. The fourth-order valence-electron chi connectivity index (χ4n) is 1.50. The summed E-state index contributed by atoms with van der Waals surface area (Å²) < 4.78 is 38.2. The van der Waals surface area contributed by atoms with Crippen molar-refractivity contribution in [2.24, 2.45) is 0 Å². The van der Waals surface area contributed by atoms with Crippen LogP contribution in [-0.2, 0) is 6.18 Å². The fraction of sp³-hybridized carbons (Fsp3) is 0.545. The average molecular weight is 280 g/mol. The van der Waals surface area contributed by atoms with Crippen LogP contribution in [0.2, 0.25) is 0 Å².